The standard InChI is InChI=1S/C20H23N5O2/c1-13-8-9-16(27-13)10-25-11-17(18(12-25)21-14(2)26)20-22-19(23-24-20)15-6-4-3-5-7-15/h3-9,17-18H,10-12H2,1-2H3,(H,21,26)(H,22,23,24). The molecule has 1 aliphatic heterocycles. The van der Waals surface area contributed by atoms with Gasteiger partial charge in [0.1, 0.15) is 17.3 Å². The molecule has 0 radical (unpaired) electrons. The number of amides is 1. The molecule has 3 aromatic rings. The molecular formula is C20H23N5O2. The summed E-state index contributed by atoms with van der Waals surface area (Å²) in [6, 6.07) is 13.8. The first-order valence-electron chi connectivity index (χ1n) is 9.11. The number of hydrogen-bond acceptors (Lipinski definition) is 5. The lowest BCUT2D eigenvalue weighted by molar-refractivity contribution is -0.119. The maximum Gasteiger partial charge on any atom is 0.217 e. The van der Waals surface area contributed by atoms with Crippen molar-refractivity contribution in [2.24, 2.45) is 0 Å². The van der Waals surface area contributed by atoms with Crippen molar-refractivity contribution in [3.8, 4) is 11.4 Å². The smallest absolute Gasteiger partial charge is 0.217 e. The molecule has 27 heavy (non-hydrogen) atoms. The molecule has 7 nitrogen and oxygen atoms in total. The van der Waals surface area contributed by atoms with Gasteiger partial charge in [0, 0.05) is 25.6 Å². The number of hydrogen-bond donors (Lipinski definition) is 2. The summed E-state index contributed by atoms with van der Waals surface area (Å²) < 4.78 is 5.70. The van der Waals surface area contributed by atoms with Crippen LogP contribution in [0, 0.1) is 6.92 Å². The van der Waals surface area contributed by atoms with E-state index in [1.54, 1.807) is 6.92 Å². The number of rotatable bonds is 5. The van der Waals surface area contributed by atoms with Crippen molar-refractivity contribution in [1.29, 1.82) is 0 Å². The van der Waals surface area contributed by atoms with Crippen molar-refractivity contribution in [3.63, 3.8) is 0 Å². The zero-order valence-electron chi connectivity index (χ0n) is 15.5. The van der Waals surface area contributed by atoms with Gasteiger partial charge in [0.05, 0.1) is 18.5 Å². The Balaban J connectivity index is 1.54. The predicted octanol–water partition coefficient (Wildman–Crippen LogP) is 2.48. The third-order valence-electron chi connectivity index (χ3n) is 4.85. The number of carbonyl (C=O) groups excluding carboxylic acids is 1. The number of aryl methyl sites for hydroxylation is 1. The minimum atomic E-state index is -0.0384. The Morgan fingerprint density at radius 3 is 2.78 bits per heavy atom. The summed E-state index contributed by atoms with van der Waals surface area (Å²) in [4.78, 5) is 18.6. The molecule has 7 heteroatoms. The van der Waals surface area contributed by atoms with Gasteiger partial charge < -0.3 is 9.73 Å². The first-order valence-corrected chi connectivity index (χ1v) is 9.11. The van der Waals surface area contributed by atoms with E-state index in [-0.39, 0.29) is 17.9 Å². The van der Waals surface area contributed by atoms with E-state index in [1.165, 1.54) is 0 Å². The highest BCUT2D eigenvalue weighted by molar-refractivity contribution is 5.73. The Kier molecular flexibility index (Phi) is 4.77. The summed E-state index contributed by atoms with van der Waals surface area (Å²) in [5.74, 6) is 3.32. The molecule has 0 spiro atoms. The van der Waals surface area contributed by atoms with Gasteiger partial charge in [-0.1, -0.05) is 30.3 Å². The van der Waals surface area contributed by atoms with Crippen molar-refractivity contribution in [2.45, 2.75) is 32.4 Å². The van der Waals surface area contributed by atoms with Crippen molar-refractivity contribution in [2.75, 3.05) is 13.1 Å². The second kappa shape index (κ2) is 7.36. The second-order valence-electron chi connectivity index (χ2n) is 7.03. The lowest BCUT2D eigenvalue weighted by atomic mass is 10.0. The fourth-order valence-electron chi connectivity index (χ4n) is 3.65. The van der Waals surface area contributed by atoms with Crippen LogP contribution >= 0.6 is 0 Å². The van der Waals surface area contributed by atoms with Gasteiger partial charge in [0.2, 0.25) is 5.91 Å². The second-order valence-corrected chi connectivity index (χ2v) is 7.03. The molecule has 1 aliphatic rings. The minimum Gasteiger partial charge on any atom is -0.465 e. The van der Waals surface area contributed by atoms with Crippen LogP contribution in [0.15, 0.2) is 46.9 Å². The van der Waals surface area contributed by atoms with Gasteiger partial charge >= 0.3 is 0 Å². The molecule has 2 aromatic heterocycles. The maximum absolute atomic E-state index is 11.7. The topological polar surface area (TPSA) is 87.1 Å². The summed E-state index contributed by atoms with van der Waals surface area (Å²) in [7, 11) is 0. The van der Waals surface area contributed by atoms with Gasteiger partial charge in [0.25, 0.3) is 0 Å². The van der Waals surface area contributed by atoms with E-state index in [0.29, 0.717) is 12.4 Å². The average molecular weight is 365 g/mol. The van der Waals surface area contributed by atoms with Crippen molar-refractivity contribution in [1.82, 2.24) is 25.4 Å². The van der Waals surface area contributed by atoms with Crippen LogP contribution in [0.4, 0.5) is 0 Å². The zero-order chi connectivity index (χ0) is 18.8. The number of nitrogens with zero attached hydrogens (tertiary/aromatic N) is 3. The highest BCUT2D eigenvalue weighted by Gasteiger charge is 2.36. The van der Waals surface area contributed by atoms with E-state index in [1.807, 2.05) is 49.4 Å². The number of nitrogens with one attached hydrogen (secondary N) is 2. The molecular weight excluding hydrogens is 342 g/mol. The lowest BCUT2D eigenvalue weighted by Crippen LogP contribution is -2.38. The fraction of sp³-hybridized carbons (Fsp3) is 0.350. The highest BCUT2D eigenvalue weighted by atomic mass is 16.3. The minimum absolute atomic E-state index is 0.0184. The molecule has 1 aromatic carbocycles. The number of furan rings is 1. The molecule has 2 atom stereocenters. The number of carbonyl (C=O) groups is 1. The molecule has 1 fully saturated rings. The molecule has 1 amide bonds. The van der Waals surface area contributed by atoms with Crippen molar-refractivity contribution < 1.29 is 9.21 Å². The van der Waals surface area contributed by atoms with Crippen LogP contribution in [0.2, 0.25) is 0 Å². The zero-order valence-corrected chi connectivity index (χ0v) is 15.5. The van der Waals surface area contributed by atoms with E-state index in [9.17, 15) is 4.79 Å². The quantitative estimate of drug-likeness (QED) is 0.725. The number of aromatic amines is 1. The van der Waals surface area contributed by atoms with E-state index in [0.717, 1.165) is 36.0 Å². The van der Waals surface area contributed by atoms with E-state index >= 15 is 0 Å². The van der Waals surface area contributed by atoms with Crippen molar-refractivity contribution in [3.05, 3.63) is 59.8 Å². The summed E-state index contributed by atoms with van der Waals surface area (Å²) in [5.41, 5.74) is 0.969. The van der Waals surface area contributed by atoms with Crippen LogP contribution in [-0.4, -0.2) is 45.1 Å². The Morgan fingerprint density at radius 1 is 1.26 bits per heavy atom. The third-order valence-corrected chi connectivity index (χ3v) is 4.85. The van der Waals surface area contributed by atoms with Gasteiger partial charge in [-0.05, 0) is 19.1 Å². The van der Waals surface area contributed by atoms with Crippen LogP contribution < -0.4 is 5.32 Å². The first kappa shape index (κ1) is 17.5. The van der Waals surface area contributed by atoms with Crippen LogP contribution in [0.5, 0.6) is 0 Å². The molecule has 4 rings (SSSR count). The van der Waals surface area contributed by atoms with Gasteiger partial charge in [-0.2, -0.15) is 5.10 Å². The average Bonchev–Trinajstić information content (AvgIpc) is 3.36. The Morgan fingerprint density at radius 2 is 2.07 bits per heavy atom. The molecule has 2 N–H and O–H groups in total. The molecule has 0 saturated carbocycles. The molecule has 3 heterocycles. The van der Waals surface area contributed by atoms with E-state index < -0.39 is 0 Å². The van der Waals surface area contributed by atoms with Crippen molar-refractivity contribution >= 4 is 5.91 Å². The highest BCUT2D eigenvalue weighted by Crippen LogP contribution is 2.28. The third kappa shape index (κ3) is 3.93. The first-order chi connectivity index (χ1) is 13.1. The number of H-pyrrole nitrogens is 1. The molecule has 0 aliphatic carbocycles. The Bertz CT molecular complexity index is 917. The SMILES string of the molecule is CC(=O)NC1CN(Cc2ccc(C)o2)CC1c1nc(-c2ccccc2)n[nH]1. The van der Waals surface area contributed by atoms with E-state index in [4.69, 9.17) is 9.40 Å². The van der Waals surface area contributed by atoms with E-state index in [2.05, 4.69) is 20.4 Å². The van der Waals surface area contributed by atoms with Gasteiger partial charge in [-0.25, -0.2) is 4.98 Å². The monoisotopic (exact) mass is 365 g/mol. The largest absolute Gasteiger partial charge is 0.465 e. The van der Waals surface area contributed by atoms with Crippen LogP contribution in [0.25, 0.3) is 11.4 Å². The van der Waals surface area contributed by atoms with Crippen LogP contribution in [0.3, 0.4) is 0 Å². The van der Waals surface area contributed by atoms with Gasteiger partial charge in [0.15, 0.2) is 5.82 Å². The molecule has 140 valence electrons. The summed E-state index contributed by atoms with van der Waals surface area (Å²) >= 11 is 0. The fourth-order valence-corrected chi connectivity index (χ4v) is 3.65. The van der Waals surface area contributed by atoms with Crippen LogP contribution in [-0.2, 0) is 11.3 Å². The normalized spacial score (nSPS) is 20.1. The molecule has 0 bridgehead atoms. The predicted molar refractivity (Wildman–Crippen MR) is 101 cm³/mol. The number of aromatic nitrogens is 3. The Hall–Kier alpha value is -2.93. The maximum atomic E-state index is 11.7. The van der Waals surface area contributed by atoms with Crippen LogP contribution in [0.1, 0.15) is 30.2 Å². The number of benzene rings is 1. The number of likely N-dealkylation sites (tertiary alicyclic amines) is 1. The summed E-state index contributed by atoms with van der Waals surface area (Å²) in [6.45, 7) is 5.71. The molecule has 2 unspecified atom stereocenters. The Labute approximate surface area is 157 Å². The lowest BCUT2D eigenvalue weighted by Gasteiger charge is -2.16. The summed E-state index contributed by atoms with van der Waals surface area (Å²) in [5, 5.41) is 10.5. The van der Waals surface area contributed by atoms with Gasteiger partial charge in [-0.3, -0.25) is 14.8 Å². The van der Waals surface area contributed by atoms with Gasteiger partial charge in [-0.15, -0.1) is 0 Å². The molecule has 1 saturated heterocycles. The summed E-state index contributed by atoms with van der Waals surface area (Å²) in [6.07, 6.45) is 0.